The molecule has 7 heteroatoms. The van der Waals surface area contributed by atoms with Crippen LogP contribution in [0, 0.1) is 13.8 Å². The summed E-state index contributed by atoms with van der Waals surface area (Å²) >= 11 is 0. The van der Waals surface area contributed by atoms with Gasteiger partial charge in [0, 0.05) is 28.0 Å². The minimum Gasteiger partial charge on any atom is -0.496 e. The van der Waals surface area contributed by atoms with Crippen LogP contribution in [-0.2, 0) is 4.74 Å². The summed E-state index contributed by atoms with van der Waals surface area (Å²) in [5.41, 5.74) is 5.37. The van der Waals surface area contributed by atoms with Crippen LogP contribution in [0.4, 0.5) is 0 Å². The van der Waals surface area contributed by atoms with Crippen molar-refractivity contribution in [3.8, 4) is 17.0 Å². The fraction of sp³-hybridized carbons (Fsp3) is 0.167. The second kappa shape index (κ2) is 7.05. The predicted octanol–water partition coefficient (Wildman–Crippen LogP) is 4.74. The molecule has 31 heavy (non-hydrogen) atoms. The van der Waals surface area contributed by atoms with Gasteiger partial charge in [0.1, 0.15) is 17.2 Å². The number of aromatic nitrogens is 4. The Bertz CT molecular complexity index is 1500. The molecule has 0 saturated heterocycles. The van der Waals surface area contributed by atoms with Crippen LogP contribution in [0.25, 0.3) is 44.1 Å². The maximum Gasteiger partial charge on any atom is 0.340 e. The SMILES string of the molecule is COC(=O)c1ccc(-c2nc(C)nc3[nH]c4cc(C)c(OC)cc4c23)c2cccnc12. The van der Waals surface area contributed by atoms with Crippen LogP contribution in [0.2, 0.25) is 0 Å². The number of pyridine rings is 1. The summed E-state index contributed by atoms with van der Waals surface area (Å²) in [4.78, 5) is 29.6. The van der Waals surface area contributed by atoms with E-state index in [4.69, 9.17) is 14.5 Å². The lowest BCUT2D eigenvalue weighted by Crippen LogP contribution is -2.04. The molecule has 5 rings (SSSR count). The van der Waals surface area contributed by atoms with Gasteiger partial charge in [-0.3, -0.25) is 4.98 Å². The quantitative estimate of drug-likeness (QED) is 0.431. The number of aromatic amines is 1. The van der Waals surface area contributed by atoms with Crippen molar-refractivity contribution in [2.24, 2.45) is 0 Å². The number of methoxy groups -OCH3 is 2. The first-order chi connectivity index (χ1) is 15.0. The van der Waals surface area contributed by atoms with Gasteiger partial charge in [0.15, 0.2) is 0 Å². The summed E-state index contributed by atoms with van der Waals surface area (Å²) in [7, 11) is 3.03. The topological polar surface area (TPSA) is 90.0 Å². The monoisotopic (exact) mass is 412 g/mol. The van der Waals surface area contributed by atoms with Crippen LogP contribution in [0.3, 0.4) is 0 Å². The first-order valence-corrected chi connectivity index (χ1v) is 9.83. The van der Waals surface area contributed by atoms with Gasteiger partial charge in [-0.05, 0) is 43.7 Å². The van der Waals surface area contributed by atoms with Gasteiger partial charge in [-0.15, -0.1) is 0 Å². The van der Waals surface area contributed by atoms with Gasteiger partial charge in [-0.1, -0.05) is 12.1 Å². The van der Waals surface area contributed by atoms with Crippen LogP contribution in [0.15, 0.2) is 42.6 Å². The zero-order valence-corrected chi connectivity index (χ0v) is 17.6. The van der Waals surface area contributed by atoms with E-state index in [1.807, 2.05) is 38.1 Å². The summed E-state index contributed by atoms with van der Waals surface area (Å²) in [6, 6.07) is 11.5. The van der Waals surface area contributed by atoms with Crippen LogP contribution in [0.1, 0.15) is 21.7 Å². The Hall–Kier alpha value is -4.00. The normalized spacial score (nSPS) is 11.4. The fourth-order valence-electron chi connectivity index (χ4n) is 4.11. The predicted molar refractivity (Wildman–Crippen MR) is 119 cm³/mol. The molecule has 0 aliphatic heterocycles. The number of esters is 1. The van der Waals surface area contributed by atoms with Crippen molar-refractivity contribution in [3.63, 3.8) is 0 Å². The number of aryl methyl sites for hydroxylation is 2. The molecule has 0 amide bonds. The Morgan fingerprint density at radius 3 is 2.65 bits per heavy atom. The summed E-state index contributed by atoms with van der Waals surface area (Å²) in [5, 5.41) is 2.69. The van der Waals surface area contributed by atoms with E-state index in [1.54, 1.807) is 19.4 Å². The zero-order chi connectivity index (χ0) is 21.7. The van der Waals surface area contributed by atoms with Gasteiger partial charge in [-0.2, -0.15) is 0 Å². The molecule has 2 aromatic carbocycles. The molecule has 0 unspecified atom stereocenters. The van der Waals surface area contributed by atoms with Crippen LogP contribution >= 0.6 is 0 Å². The fourth-order valence-corrected chi connectivity index (χ4v) is 4.11. The summed E-state index contributed by atoms with van der Waals surface area (Å²) in [6.07, 6.45) is 1.67. The lowest BCUT2D eigenvalue weighted by molar-refractivity contribution is 0.0603. The first kappa shape index (κ1) is 19.0. The maximum atomic E-state index is 12.3. The van der Waals surface area contributed by atoms with E-state index in [2.05, 4.69) is 21.0 Å². The van der Waals surface area contributed by atoms with Crippen molar-refractivity contribution in [2.75, 3.05) is 14.2 Å². The van der Waals surface area contributed by atoms with Crippen molar-refractivity contribution < 1.29 is 14.3 Å². The Balaban J connectivity index is 1.90. The largest absolute Gasteiger partial charge is 0.496 e. The number of fused-ring (bicyclic) bond motifs is 4. The molecule has 0 fully saturated rings. The average Bonchev–Trinajstić information content (AvgIpc) is 3.13. The summed E-state index contributed by atoms with van der Waals surface area (Å²) in [5.74, 6) is 1.02. The highest BCUT2D eigenvalue weighted by atomic mass is 16.5. The molecule has 0 radical (unpaired) electrons. The van der Waals surface area contributed by atoms with Crippen molar-refractivity contribution in [1.29, 1.82) is 0 Å². The first-order valence-electron chi connectivity index (χ1n) is 9.83. The number of carbonyl (C=O) groups excluding carboxylic acids is 1. The highest BCUT2D eigenvalue weighted by Gasteiger charge is 2.20. The molecule has 3 aromatic heterocycles. The van der Waals surface area contributed by atoms with Crippen molar-refractivity contribution in [2.45, 2.75) is 13.8 Å². The van der Waals surface area contributed by atoms with E-state index >= 15 is 0 Å². The highest BCUT2D eigenvalue weighted by molar-refractivity contribution is 6.16. The molecule has 5 aromatic rings. The Labute approximate surface area is 178 Å². The Morgan fingerprint density at radius 1 is 1.03 bits per heavy atom. The minimum atomic E-state index is -0.424. The summed E-state index contributed by atoms with van der Waals surface area (Å²) in [6.45, 7) is 3.87. The number of ether oxygens (including phenoxy) is 2. The van der Waals surface area contributed by atoms with Crippen molar-refractivity contribution >= 4 is 38.8 Å². The molecule has 0 aliphatic rings. The van der Waals surface area contributed by atoms with E-state index in [9.17, 15) is 4.79 Å². The van der Waals surface area contributed by atoms with Gasteiger partial charge < -0.3 is 14.5 Å². The molecule has 1 N–H and O–H groups in total. The Kier molecular flexibility index (Phi) is 4.32. The third-order valence-corrected chi connectivity index (χ3v) is 5.51. The third kappa shape index (κ3) is 2.89. The lowest BCUT2D eigenvalue weighted by atomic mass is 9.98. The van der Waals surface area contributed by atoms with E-state index in [0.717, 1.165) is 49.9 Å². The van der Waals surface area contributed by atoms with E-state index < -0.39 is 5.97 Å². The molecule has 0 bridgehead atoms. The zero-order valence-electron chi connectivity index (χ0n) is 17.6. The second-order valence-electron chi connectivity index (χ2n) is 7.39. The smallest absolute Gasteiger partial charge is 0.340 e. The molecule has 0 spiro atoms. The number of nitrogens with zero attached hydrogens (tertiary/aromatic N) is 3. The minimum absolute atomic E-state index is 0.417. The number of benzene rings is 2. The number of H-pyrrole nitrogens is 1. The van der Waals surface area contributed by atoms with Crippen LogP contribution in [0.5, 0.6) is 5.75 Å². The van der Waals surface area contributed by atoms with E-state index in [-0.39, 0.29) is 0 Å². The molecular weight excluding hydrogens is 392 g/mol. The number of rotatable bonds is 3. The highest BCUT2D eigenvalue weighted by Crippen LogP contribution is 2.38. The molecule has 0 saturated carbocycles. The number of hydrogen-bond acceptors (Lipinski definition) is 6. The van der Waals surface area contributed by atoms with Crippen LogP contribution < -0.4 is 4.74 Å². The number of hydrogen-bond donors (Lipinski definition) is 1. The van der Waals surface area contributed by atoms with Gasteiger partial charge in [0.25, 0.3) is 0 Å². The summed E-state index contributed by atoms with van der Waals surface area (Å²) < 4.78 is 10.5. The third-order valence-electron chi connectivity index (χ3n) is 5.51. The standard InChI is InChI=1S/C24H20N4O3/c1-12-10-18-17(11-19(12)30-3)20-22(26-13(2)27-23(20)28-18)15-7-8-16(24(29)31-4)21-14(15)6-5-9-25-21/h5-11H,1-4H3,(H,26,27,28). The van der Waals surface area contributed by atoms with E-state index in [0.29, 0.717) is 16.9 Å². The van der Waals surface area contributed by atoms with Gasteiger partial charge in [-0.25, -0.2) is 14.8 Å². The average molecular weight is 412 g/mol. The van der Waals surface area contributed by atoms with Gasteiger partial charge >= 0.3 is 5.97 Å². The van der Waals surface area contributed by atoms with Crippen molar-refractivity contribution in [3.05, 3.63) is 59.5 Å². The lowest BCUT2D eigenvalue weighted by Gasteiger charge is -2.11. The Morgan fingerprint density at radius 2 is 1.87 bits per heavy atom. The van der Waals surface area contributed by atoms with E-state index in [1.165, 1.54) is 7.11 Å². The molecular formula is C24H20N4O3. The van der Waals surface area contributed by atoms with Crippen molar-refractivity contribution in [1.82, 2.24) is 19.9 Å². The molecule has 0 aliphatic carbocycles. The van der Waals surface area contributed by atoms with Crippen LogP contribution in [-0.4, -0.2) is 40.1 Å². The number of carbonyl (C=O) groups is 1. The molecule has 0 atom stereocenters. The van der Waals surface area contributed by atoms with Gasteiger partial charge in [0.2, 0.25) is 0 Å². The molecule has 154 valence electrons. The molecule has 7 nitrogen and oxygen atoms in total. The molecule has 3 heterocycles. The maximum absolute atomic E-state index is 12.3. The number of nitrogens with one attached hydrogen (secondary N) is 1. The second-order valence-corrected chi connectivity index (χ2v) is 7.39. The van der Waals surface area contributed by atoms with Gasteiger partial charge in [0.05, 0.1) is 36.4 Å².